The molecule has 4 saturated carbocycles. The van der Waals surface area contributed by atoms with Crippen LogP contribution >= 0.6 is 0 Å². The van der Waals surface area contributed by atoms with Gasteiger partial charge in [-0.15, -0.1) is 20.4 Å². The molecular weight excluding hydrogens is 1500 g/mol. The van der Waals surface area contributed by atoms with Crippen LogP contribution in [0, 0.1) is 23.7 Å². The minimum absolute atomic E-state index is 0.00887. The van der Waals surface area contributed by atoms with E-state index in [1.807, 2.05) is 121 Å². The molecule has 12 atom stereocenters. The van der Waals surface area contributed by atoms with Gasteiger partial charge < -0.3 is 26.8 Å². The normalized spacial score (nSPS) is 22.2. The summed E-state index contributed by atoms with van der Waals surface area (Å²) >= 11 is 0. The Balaban J connectivity index is 0.000000112. The largest absolute Gasteiger partial charge is 0.475 e. The molecule has 0 radical (unpaired) electrons. The Kier molecular flexibility index (Phi) is 21.5. The number of benzene rings is 4. The van der Waals surface area contributed by atoms with Gasteiger partial charge in [0.2, 0.25) is 23.4 Å². The van der Waals surface area contributed by atoms with Gasteiger partial charge in [0.05, 0.1) is 28.8 Å². The van der Waals surface area contributed by atoms with E-state index in [0.29, 0.717) is 78.2 Å². The first-order chi connectivity index (χ1) is 56.8. The van der Waals surface area contributed by atoms with Gasteiger partial charge in [-0.3, -0.25) is 93.5 Å². The summed E-state index contributed by atoms with van der Waals surface area (Å²) in [7, 11) is 6.68. The molecule has 4 aromatic carbocycles. The van der Waals surface area contributed by atoms with E-state index in [1.165, 1.54) is 19.6 Å². The summed E-state index contributed by atoms with van der Waals surface area (Å²) in [6.07, 6.45) is 18.4. The smallest absolute Gasteiger partial charge is 0.375 e. The minimum atomic E-state index is -1.12. The van der Waals surface area contributed by atoms with Gasteiger partial charge in [0.25, 0.3) is 41.3 Å². The van der Waals surface area contributed by atoms with Gasteiger partial charge in [-0.05, 0) is 71.6 Å². The number of hydrogen-bond donors (Lipinski definition) is 9. The fraction of sp³-hybridized carbons (Fsp3) is 0.300. The highest BCUT2D eigenvalue weighted by atomic mass is 16.4. The molecular formula is C80H78N28O9. The molecule has 2 unspecified atom stereocenters. The Bertz CT molecular complexity index is 5280. The monoisotopic (exact) mass is 1570 g/mol. The van der Waals surface area contributed by atoms with Gasteiger partial charge in [0.1, 0.15) is 41.4 Å². The van der Waals surface area contributed by atoms with Gasteiger partial charge in [0.15, 0.2) is 23.3 Å². The number of amides is 7. The van der Waals surface area contributed by atoms with E-state index in [2.05, 4.69) is 117 Å². The molecule has 4 fully saturated rings. The van der Waals surface area contributed by atoms with Crippen LogP contribution in [0.15, 0.2) is 171 Å². The molecule has 4 aliphatic heterocycles. The molecule has 37 nitrogen and oxygen atoms in total. The number of aromatic amines is 4. The SMILES string of the molecule is CN1C(=O)[C@@H](N)C2C[C@H]2c2nccnc21.CN1C(=O)[C@@H](NC(=O)c2n[nH]c(Cc3ccccc3)n2)C2C[C@H]2c2nccnc21.CN1C(=O)[C@@H](NC(=O)c2n[nH]c(Cc3ccccc3)n2)[C@H]2C[C@H]2c2nccnc21.CN1C(=O)[C@H](NC(=O)c2n[nH]c(Cc3ccccc3)n2)[C@@H]2C[C@@H]2c2nccnc21.O=C(O)c1n[nH]c(Cc2ccccc2)n1. The molecule has 10 N–H and O–H groups in total. The number of aromatic nitrogens is 20. The summed E-state index contributed by atoms with van der Waals surface area (Å²) in [5, 5.41) is 43.8. The third-order valence-electron chi connectivity index (χ3n) is 21.7. The summed E-state index contributed by atoms with van der Waals surface area (Å²) in [5.74, 6) is 2.38. The fourth-order valence-electron chi connectivity index (χ4n) is 15.2. The molecule has 20 rings (SSSR count). The van der Waals surface area contributed by atoms with Crippen molar-refractivity contribution in [1.29, 1.82) is 0 Å². The molecule has 4 aliphatic carbocycles. The first kappa shape index (κ1) is 76.5. The van der Waals surface area contributed by atoms with E-state index in [9.17, 15) is 38.4 Å². The number of carbonyl (C=O) groups excluding carboxylic acids is 7. The lowest BCUT2D eigenvalue weighted by molar-refractivity contribution is -0.121. The number of rotatable bonds is 15. The molecule has 37 heteroatoms. The van der Waals surface area contributed by atoms with Crippen LogP contribution in [0.4, 0.5) is 23.3 Å². The molecule has 0 spiro atoms. The molecule has 0 bridgehead atoms. The summed E-state index contributed by atoms with van der Waals surface area (Å²) in [6.45, 7) is 0. The molecule has 7 amide bonds. The number of nitrogens with two attached hydrogens (primary N) is 1. The van der Waals surface area contributed by atoms with Crippen molar-refractivity contribution < 1.29 is 43.5 Å². The Morgan fingerprint density at radius 3 is 0.872 bits per heavy atom. The number of carboxylic acid groups (broad SMARTS) is 1. The number of anilines is 4. The predicted octanol–water partition coefficient (Wildman–Crippen LogP) is 4.17. The van der Waals surface area contributed by atoms with Gasteiger partial charge >= 0.3 is 5.97 Å². The maximum absolute atomic E-state index is 13.0. The number of nitrogens with zero attached hydrogens (tertiary/aromatic N) is 20. The van der Waals surface area contributed by atoms with Crippen LogP contribution in [0.2, 0.25) is 0 Å². The topological polar surface area (TPSA) is 501 Å². The molecule has 117 heavy (non-hydrogen) atoms. The number of likely N-dealkylation sites (N-methyl/N-ethyl adjacent to an activating group) is 4. The number of carboxylic acids is 1. The van der Waals surface area contributed by atoms with Crippen LogP contribution in [-0.4, -0.2) is 205 Å². The zero-order valence-corrected chi connectivity index (χ0v) is 63.5. The maximum atomic E-state index is 13.0. The molecule has 12 heterocycles. The molecule has 0 saturated heterocycles. The minimum Gasteiger partial charge on any atom is -0.475 e. The van der Waals surface area contributed by atoms with Gasteiger partial charge in [-0.25, -0.2) is 44.7 Å². The Hall–Kier alpha value is -14.5. The summed E-state index contributed by atoms with van der Waals surface area (Å²) < 4.78 is 0. The summed E-state index contributed by atoms with van der Waals surface area (Å²) in [6, 6.07) is 36.7. The van der Waals surface area contributed by atoms with Crippen LogP contribution in [0.5, 0.6) is 0 Å². The zero-order valence-electron chi connectivity index (χ0n) is 63.5. The standard InChI is InChI=1S/3C20H19N7O2.C10H12N4O.C10H9N3O2/c3*1-27-18-15(21-7-8-22-18)12-10-13(12)16(20(27)29)24-19(28)17-23-14(25-26-17)9-11-5-3-2-4-6-11;1-14-9-8(12-2-3-13-9)6-4-5(6)7(11)10(14)15;14-10(15)9-11-8(12-13-9)6-7-4-2-1-3-5-7/h3*2-8,12-13,16H,9-10H2,1H3,(H,24,28)(H,23,25,26);2-3,5-7H,4,11H2,1H3;1-5H,6H2,(H,14,15)(H,11,12,13)/t12-,13?,16+;2*12-,13+,16+;5?,6-,7+;/m1101./s1. The lowest BCUT2D eigenvalue weighted by atomic mass is 10.1. The molecule has 8 aliphatic rings. The summed E-state index contributed by atoms with van der Waals surface area (Å²) in [5.41, 5.74) is 13.5. The highest BCUT2D eigenvalue weighted by molar-refractivity contribution is 6.04. The third-order valence-corrected chi connectivity index (χ3v) is 21.7. The van der Waals surface area contributed by atoms with Crippen molar-refractivity contribution in [2.45, 2.75) is 99.2 Å². The zero-order chi connectivity index (χ0) is 81.1. The predicted molar refractivity (Wildman–Crippen MR) is 416 cm³/mol. The second-order valence-electron chi connectivity index (χ2n) is 29.4. The number of H-pyrrole nitrogens is 4. The van der Waals surface area contributed by atoms with Crippen molar-refractivity contribution in [2.24, 2.45) is 29.4 Å². The number of aromatic carboxylic acids is 1. The average Bonchev–Trinajstić information content (AvgIpc) is 1.61. The van der Waals surface area contributed by atoms with E-state index in [1.54, 1.807) is 77.8 Å². The summed E-state index contributed by atoms with van der Waals surface area (Å²) in [4.78, 5) is 157. The number of fused-ring (bicyclic) bond motifs is 12. The van der Waals surface area contributed by atoms with Gasteiger partial charge in [0, 0.05) is 127 Å². The Morgan fingerprint density at radius 2 is 0.598 bits per heavy atom. The quantitative estimate of drug-likeness (QED) is 0.0695. The van der Waals surface area contributed by atoms with Crippen LogP contribution in [0.25, 0.3) is 0 Å². The number of carbonyl (C=O) groups is 8. The second-order valence-corrected chi connectivity index (χ2v) is 29.4. The van der Waals surface area contributed by atoms with E-state index in [4.69, 9.17) is 10.8 Å². The Labute approximate surface area is 666 Å². The van der Waals surface area contributed by atoms with Crippen molar-refractivity contribution >= 4 is 70.6 Å². The lowest BCUT2D eigenvalue weighted by Gasteiger charge is -2.22. The molecule has 8 aromatic heterocycles. The van der Waals surface area contributed by atoms with Gasteiger partial charge in [-0.2, -0.15) is 0 Å². The fourth-order valence-corrected chi connectivity index (χ4v) is 15.2. The molecule has 12 aromatic rings. The second kappa shape index (κ2) is 32.9. The first-order valence-corrected chi connectivity index (χ1v) is 37.9. The van der Waals surface area contributed by atoms with Crippen molar-refractivity contribution in [1.82, 2.24) is 117 Å². The van der Waals surface area contributed by atoms with Crippen LogP contribution in [-0.2, 0) is 44.9 Å². The molecule has 592 valence electrons. The van der Waals surface area contributed by atoms with E-state index in [0.717, 1.165) is 70.7 Å². The number of hydrogen-bond acceptors (Lipinski definition) is 25. The van der Waals surface area contributed by atoms with Crippen LogP contribution < -0.4 is 41.3 Å². The van der Waals surface area contributed by atoms with E-state index >= 15 is 0 Å². The van der Waals surface area contributed by atoms with Crippen molar-refractivity contribution in [2.75, 3.05) is 47.8 Å². The van der Waals surface area contributed by atoms with Crippen LogP contribution in [0.1, 0.15) is 160 Å². The van der Waals surface area contributed by atoms with Crippen molar-refractivity contribution in [3.63, 3.8) is 0 Å². The Morgan fingerprint density at radius 1 is 0.359 bits per heavy atom. The highest BCUT2D eigenvalue weighted by Gasteiger charge is 2.57. The van der Waals surface area contributed by atoms with E-state index in [-0.39, 0.29) is 88.4 Å². The lowest BCUT2D eigenvalue weighted by Crippen LogP contribution is -2.48. The van der Waals surface area contributed by atoms with Crippen molar-refractivity contribution in [3.8, 4) is 0 Å². The van der Waals surface area contributed by atoms with Crippen LogP contribution in [0.3, 0.4) is 0 Å². The van der Waals surface area contributed by atoms with Crippen molar-refractivity contribution in [3.05, 3.63) is 263 Å². The third kappa shape index (κ3) is 16.7. The number of nitrogens with one attached hydrogen (secondary N) is 7. The highest BCUT2D eigenvalue weighted by Crippen LogP contribution is 2.56. The van der Waals surface area contributed by atoms with Gasteiger partial charge in [-0.1, -0.05) is 121 Å². The van der Waals surface area contributed by atoms with E-state index < -0.39 is 47.9 Å². The average molecular weight is 1580 g/mol. The first-order valence-electron chi connectivity index (χ1n) is 37.9. The maximum Gasteiger partial charge on any atom is 0.375 e.